The lowest BCUT2D eigenvalue weighted by Crippen LogP contribution is -2.46. The van der Waals surface area contributed by atoms with Crippen LogP contribution < -0.4 is 5.32 Å². The standard InChI is InChI=1S/C18H21N3O4/c1-12(22)21-8-6-14(7-9-21)19-17(23)11-25-18(24)16-10-13-4-2-3-5-15(13)20-16/h2-5,10,14,20H,6-9,11H2,1H3,(H,19,23). The van der Waals surface area contributed by atoms with Crippen molar-refractivity contribution in [3.8, 4) is 0 Å². The number of para-hydroxylation sites is 1. The van der Waals surface area contributed by atoms with E-state index in [9.17, 15) is 14.4 Å². The molecule has 1 fully saturated rings. The number of ether oxygens (including phenoxy) is 1. The Bertz CT molecular complexity index is 757. The van der Waals surface area contributed by atoms with E-state index in [1.165, 1.54) is 0 Å². The van der Waals surface area contributed by atoms with Crippen molar-refractivity contribution >= 4 is 28.7 Å². The van der Waals surface area contributed by atoms with Crippen molar-refractivity contribution < 1.29 is 19.1 Å². The van der Waals surface area contributed by atoms with Gasteiger partial charge in [0.15, 0.2) is 6.61 Å². The van der Waals surface area contributed by atoms with Crippen LogP contribution in [-0.2, 0) is 14.3 Å². The fourth-order valence-corrected chi connectivity index (χ4v) is 3.00. The normalized spacial score (nSPS) is 15.2. The molecule has 7 nitrogen and oxygen atoms in total. The van der Waals surface area contributed by atoms with Crippen molar-refractivity contribution in [1.82, 2.24) is 15.2 Å². The Hall–Kier alpha value is -2.83. The average Bonchev–Trinajstić information content (AvgIpc) is 3.04. The number of fused-ring (bicyclic) bond motifs is 1. The molecule has 0 bridgehead atoms. The number of piperidine rings is 1. The largest absolute Gasteiger partial charge is 0.451 e. The van der Waals surface area contributed by atoms with Gasteiger partial charge in [-0.15, -0.1) is 0 Å². The van der Waals surface area contributed by atoms with E-state index in [2.05, 4.69) is 10.3 Å². The molecule has 25 heavy (non-hydrogen) atoms. The summed E-state index contributed by atoms with van der Waals surface area (Å²) in [6.45, 7) is 2.49. The summed E-state index contributed by atoms with van der Waals surface area (Å²) < 4.78 is 5.07. The molecule has 1 aliphatic rings. The smallest absolute Gasteiger partial charge is 0.355 e. The number of carbonyl (C=O) groups is 3. The zero-order chi connectivity index (χ0) is 17.8. The van der Waals surface area contributed by atoms with Crippen LogP contribution in [0.5, 0.6) is 0 Å². The molecule has 132 valence electrons. The third kappa shape index (κ3) is 4.17. The number of benzene rings is 1. The summed E-state index contributed by atoms with van der Waals surface area (Å²) >= 11 is 0. The SMILES string of the molecule is CC(=O)N1CCC(NC(=O)COC(=O)c2cc3ccccc3[nH]2)CC1. The first-order valence-electron chi connectivity index (χ1n) is 8.32. The predicted molar refractivity (Wildman–Crippen MR) is 92.0 cm³/mol. The van der Waals surface area contributed by atoms with Crippen molar-refractivity contribution in [2.24, 2.45) is 0 Å². The van der Waals surface area contributed by atoms with Crippen LogP contribution in [0.2, 0.25) is 0 Å². The molecule has 0 saturated carbocycles. The fraction of sp³-hybridized carbons (Fsp3) is 0.389. The van der Waals surface area contributed by atoms with Gasteiger partial charge < -0.3 is 19.9 Å². The highest BCUT2D eigenvalue weighted by molar-refractivity contribution is 5.95. The molecular formula is C18H21N3O4. The molecule has 0 aliphatic carbocycles. The van der Waals surface area contributed by atoms with Crippen LogP contribution in [0.4, 0.5) is 0 Å². The number of carbonyl (C=O) groups excluding carboxylic acids is 3. The number of nitrogens with zero attached hydrogens (tertiary/aromatic N) is 1. The summed E-state index contributed by atoms with van der Waals surface area (Å²) in [5.41, 5.74) is 1.17. The molecular weight excluding hydrogens is 322 g/mol. The Morgan fingerprint density at radius 1 is 1.24 bits per heavy atom. The van der Waals surface area contributed by atoms with Crippen molar-refractivity contribution in [3.63, 3.8) is 0 Å². The first-order chi connectivity index (χ1) is 12.0. The number of H-pyrrole nitrogens is 1. The summed E-state index contributed by atoms with van der Waals surface area (Å²) in [4.78, 5) is 40.0. The minimum absolute atomic E-state index is 0.00915. The van der Waals surface area contributed by atoms with E-state index in [-0.39, 0.29) is 24.5 Å². The molecule has 1 aromatic heterocycles. The number of aromatic amines is 1. The molecule has 0 radical (unpaired) electrons. The van der Waals surface area contributed by atoms with Gasteiger partial charge in [0.25, 0.3) is 5.91 Å². The first-order valence-corrected chi connectivity index (χ1v) is 8.32. The second kappa shape index (κ2) is 7.38. The van der Waals surface area contributed by atoms with Gasteiger partial charge in [0, 0.05) is 37.0 Å². The first kappa shape index (κ1) is 17.0. The van der Waals surface area contributed by atoms with Gasteiger partial charge in [0.1, 0.15) is 5.69 Å². The van der Waals surface area contributed by atoms with Crippen LogP contribution in [-0.4, -0.2) is 53.4 Å². The van der Waals surface area contributed by atoms with Crippen molar-refractivity contribution in [1.29, 1.82) is 0 Å². The Kier molecular flexibility index (Phi) is 5.02. The van der Waals surface area contributed by atoms with Gasteiger partial charge in [-0.25, -0.2) is 4.79 Å². The molecule has 2 heterocycles. The number of amides is 2. The zero-order valence-corrected chi connectivity index (χ0v) is 14.1. The third-order valence-electron chi connectivity index (χ3n) is 4.39. The quantitative estimate of drug-likeness (QED) is 0.822. The molecule has 2 aromatic rings. The minimum atomic E-state index is -0.558. The highest BCUT2D eigenvalue weighted by Crippen LogP contribution is 2.15. The van der Waals surface area contributed by atoms with E-state index in [1.54, 1.807) is 17.9 Å². The molecule has 1 aromatic carbocycles. The van der Waals surface area contributed by atoms with Gasteiger partial charge in [-0.05, 0) is 25.0 Å². The summed E-state index contributed by atoms with van der Waals surface area (Å²) in [5, 5.41) is 3.76. The average molecular weight is 343 g/mol. The molecule has 0 spiro atoms. The number of esters is 1. The maximum absolute atomic E-state index is 12.1. The van der Waals surface area contributed by atoms with Gasteiger partial charge in [0.05, 0.1) is 0 Å². The van der Waals surface area contributed by atoms with Crippen molar-refractivity contribution in [2.75, 3.05) is 19.7 Å². The monoisotopic (exact) mass is 343 g/mol. The fourth-order valence-electron chi connectivity index (χ4n) is 3.00. The number of hydrogen-bond donors (Lipinski definition) is 2. The minimum Gasteiger partial charge on any atom is -0.451 e. The number of likely N-dealkylation sites (tertiary alicyclic amines) is 1. The van der Waals surface area contributed by atoms with Gasteiger partial charge >= 0.3 is 5.97 Å². The lowest BCUT2D eigenvalue weighted by Gasteiger charge is -2.31. The van der Waals surface area contributed by atoms with Crippen LogP contribution in [0.25, 0.3) is 10.9 Å². The van der Waals surface area contributed by atoms with Crippen molar-refractivity contribution in [2.45, 2.75) is 25.8 Å². The van der Waals surface area contributed by atoms with E-state index >= 15 is 0 Å². The van der Waals surface area contributed by atoms with Gasteiger partial charge in [0.2, 0.25) is 5.91 Å². The highest BCUT2D eigenvalue weighted by Gasteiger charge is 2.22. The number of rotatable bonds is 4. The summed E-state index contributed by atoms with van der Waals surface area (Å²) in [6.07, 6.45) is 1.42. The molecule has 1 saturated heterocycles. The Morgan fingerprint density at radius 3 is 2.64 bits per heavy atom. The van der Waals surface area contributed by atoms with E-state index in [4.69, 9.17) is 4.74 Å². The summed E-state index contributed by atoms with van der Waals surface area (Å²) in [6, 6.07) is 9.23. The molecule has 0 atom stereocenters. The number of hydrogen-bond acceptors (Lipinski definition) is 4. The molecule has 0 unspecified atom stereocenters. The summed E-state index contributed by atoms with van der Waals surface area (Å²) in [5.74, 6) is -0.833. The summed E-state index contributed by atoms with van der Waals surface area (Å²) in [7, 11) is 0. The second-order valence-corrected chi connectivity index (χ2v) is 6.19. The van der Waals surface area contributed by atoms with Crippen LogP contribution in [0.3, 0.4) is 0 Å². The Balaban J connectivity index is 1.46. The maximum Gasteiger partial charge on any atom is 0.355 e. The van der Waals surface area contributed by atoms with Crippen molar-refractivity contribution in [3.05, 3.63) is 36.0 Å². The number of nitrogens with one attached hydrogen (secondary N) is 2. The molecule has 1 aliphatic heterocycles. The molecule has 7 heteroatoms. The second-order valence-electron chi connectivity index (χ2n) is 6.19. The molecule has 2 N–H and O–H groups in total. The van der Waals surface area contributed by atoms with Crippen LogP contribution in [0, 0.1) is 0 Å². The lowest BCUT2D eigenvalue weighted by molar-refractivity contribution is -0.130. The van der Waals surface area contributed by atoms with E-state index in [0.29, 0.717) is 31.6 Å². The van der Waals surface area contributed by atoms with Crippen LogP contribution >= 0.6 is 0 Å². The third-order valence-corrected chi connectivity index (χ3v) is 4.39. The molecule has 3 rings (SSSR count). The topological polar surface area (TPSA) is 91.5 Å². The zero-order valence-electron chi connectivity index (χ0n) is 14.1. The van der Waals surface area contributed by atoms with Crippen LogP contribution in [0.15, 0.2) is 30.3 Å². The van der Waals surface area contributed by atoms with Crippen LogP contribution in [0.1, 0.15) is 30.3 Å². The molecule has 2 amide bonds. The Morgan fingerprint density at radius 2 is 1.96 bits per heavy atom. The van der Waals surface area contributed by atoms with E-state index < -0.39 is 5.97 Å². The highest BCUT2D eigenvalue weighted by atomic mass is 16.5. The number of aromatic nitrogens is 1. The van der Waals surface area contributed by atoms with Gasteiger partial charge in [-0.1, -0.05) is 18.2 Å². The Labute approximate surface area is 145 Å². The van der Waals surface area contributed by atoms with E-state index in [0.717, 1.165) is 10.9 Å². The van der Waals surface area contributed by atoms with Gasteiger partial charge in [-0.3, -0.25) is 9.59 Å². The van der Waals surface area contributed by atoms with Gasteiger partial charge in [-0.2, -0.15) is 0 Å². The predicted octanol–water partition coefficient (Wildman–Crippen LogP) is 1.45. The maximum atomic E-state index is 12.1. The lowest BCUT2D eigenvalue weighted by atomic mass is 10.1. The van der Waals surface area contributed by atoms with E-state index in [1.807, 2.05) is 24.3 Å².